The number of benzene rings is 2. The molecule has 0 aliphatic carbocycles. The van der Waals surface area contributed by atoms with E-state index in [-0.39, 0.29) is 27.7 Å². The van der Waals surface area contributed by atoms with E-state index < -0.39 is 0 Å². The zero-order valence-corrected chi connectivity index (χ0v) is 14.9. The number of amides is 1. The third-order valence-corrected chi connectivity index (χ3v) is 4.52. The number of rotatable bonds is 5. The highest BCUT2D eigenvalue weighted by atomic mass is 35.5. The molecular weight excluding hydrogens is 363 g/mol. The lowest BCUT2D eigenvalue weighted by Gasteiger charge is -2.12. The van der Waals surface area contributed by atoms with E-state index in [9.17, 15) is 4.79 Å². The Kier molecular flexibility index (Phi) is 5.68. The first-order chi connectivity index (χ1) is 12.0. The Hall–Kier alpha value is -1.95. The summed E-state index contributed by atoms with van der Waals surface area (Å²) in [5, 5.41) is 3.32. The van der Waals surface area contributed by atoms with Gasteiger partial charge in [0.15, 0.2) is 0 Å². The number of hydrogen-bond donors (Lipinski definition) is 2. The van der Waals surface area contributed by atoms with Crippen molar-refractivity contribution >= 4 is 40.5 Å². The normalized spacial score (nSPS) is 16.6. The maximum Gasteiger partial charge on any atom is 0.255 e. The summed E-state index contributed by atoms with van der Waals surface area (Å²) in [5.74, 6) is 0.330. The maximum atomic E-state index is 12.4. The van der Waals surface area contributed by atoms with Crippen molar-refractivity contribution < 1.29 is 14.3 Å². The first kappa shape index (κ1) is 17.9. The van der Waals surface area contributed by atoms with Crippen LogP contribution in [-0.2, 0) is 4.74 Å². The summed E-state index contributed by atoms with van der Waals surface area (Å²) in [6.45, 7) is 1.26. The summed E-state index contributed by atoms with van der Waals surface area (Å²) in [6.07, 6.45) is 2.18. The number of nitrogens with two attached hydrogens (primary N) is 1. The molecule has 5 nitrogen and oxygen atoms in total. The fourth-order valence-corrected chi connectivity index (χ4v) is 3.04. The lowest BCUT2D eigenvalue weighted by atomic mass is 10.2. The smallest absolute Gasteiger partial charge is 0.255 e. The van der Waals surface area contributed by atoms with Crippen LogP contribution in [0.4, 0.5) is 11.4 Å². The summed E-state index contributed by atoms with van der Waals surface area (Å²) >= 11 is 12.0. The number of carbonyl (C=O) groups excluding carboxylic acids is 1. The van der Waals surface area contributed by atoms with Crippen LogP contribution in [0.2, 0.25) is 10.0 Å². The van der Waals surface area contributed by atoms with Crippen molar-refractivity contribution in [3.8, 4) is 5.75 Å². The molecule has 1 saturated heterocycles. The first-order valence-corrected chi connectivity index (χ1v) is 8.69. The van der Waals surface area contributed by atoms with Crippen molar-refractivity contribution in [2.45, 2.75) is 18.9 Å². The van der Waals surface area contributed by atoms with E-state index in [1.807, 2.05) is 6.07 Å². The summed E-state index contributed by atoms with van der Waals surface area (Å²) in [7, 11) is 0. The molecule has 132 valence electrons. The minimum atomic E-state index is -0.292. The maximum absolute atomic E-state index is 12.4. The monoisotopic (exact) mass is 380 g/mol. The number of hydrogen-bond acceptors (Lipinski definition) is 4. The van der Waals surface area contributed by atoms with Gasteiger partial charge in [-0.2, -0.15) is 0 Å². The van der Waals surface area contributed by atoms with Crippen molar-refractivity contribution in [3.63, 3.8) is 0 Å². The van der Waals surface area contributed by atoms with Crippen molar-refractivity contribution in [1.29, 1.82) is 0 Å². The van der Waals surface area contributed by atoms with Crippen LogP contribution >= 0.6 is 23.2 Å². The van der Waals surface area contributed by atoms with Gasteiger partial charge >= 0.3 is 0 Å². The van der Waals surface area contributed by atoms with Gasteiger partial charge in [0, 0.05) is 17.9 Å². The van der Waals surface area contributed by atoms with E-state index in [0.29, 0.717) is 23.6 Å². The van der Waals surface area contributed by atoms with E-state index in [0.717, 1.165) is 19.4 Å². The molecule has 1 amide bonds. The second-order valence-electron chi connectivity index (χ2n) is 5.78. The minimum absolute atomic E-state index is 0.122. The van der Waals surface area contributed by atoms with Crippen molar-refractivity contribution in [1.82, 2.24) is 0 Å². The lowest BCUT2D eigenvalue weighted by molar-refractivity contribution is 0.0679. The zero-order valence-electron chi connectivity index (χ0n) is 13.4. The molecular formula is C18H18Cl2N2O3. The lowest BCUT2D eigenvalue weighted by Crippen LogP contribution is -2.17. The van der Waals surface area contributed by atoms with Crippen LogP contribution in [0, 0.1) is 0 Å². The fraction of sp³-hybridized carbons (Fsp3) is 0.278. The summed E-state index contributed by atoms with van der Waals surface area (Å²) in [4.78, 5) is 12.4. The Morgan fingerprint density at radius 1 is 1.28 bits per heavy atom. The molecule has 0 aromatic heterocycles. The number of carbonyl (C=O) groups is 1. The van der Waals surface area contributed by atoms with Crippen molar-refractivity contribution in [2.75, 3.05) is 24.3 Å². The predicted molar refractivity (Wildman–Crippen MR) is 99.7 cm³/mol. The molecule has 7 heteroatoms. The van der Waals surface area contributed by atoms with Crippen LogP contribution in [0.1, 0.15) is 23.2 Å². The molecule has 2 aromatic carbocycles. The highest BCUT2D eigenvalue weighted by Gasteiger charge is 2.16. The molecule has 1 aliphatic rings. The molecule has 1 fully saturated rings. The second kappa shape index (κ2) is 7.95. The quantitative estimate of drug-likeness (QED) is 0.754. The standard InChI is InChI=1S/C18H18Cl2N2O3/c19-15-8-12(9-16(20)17(15)21)22-18(23)11-3-1-4-13(7-11)25-10-14-5-2-6-24-14/h1,3-4,7-9,14H,2,5-6,10,21H2,(H,22,23). The van der Waals surface area contributed by atoms with Gasteiger partial charge < -0.3 is 20.5 Å². The number of nitrogen functional groups attached to an aromatic ring is 1. The third-order valence-electron chi connectivity index (χ3n) is 3.89. The largest absolute Gasteiger partial charge is 0.491 e. The van der Waals surface area contributed by atoms with Crippen LogP contribution in [0.5, 0.6) is 5.75 Å². The molecule has 25 heavy (non-hydrogen) atoms. The summed E-state index contributed by atoms with van der Waals surface area (Å²) in [6, 6.07) is 10.1. The van der Waals surface area contributed by atoms with E-state index in [1.165, 1.54) is 0 Å². The Labute approximate surface area is 156 Å². The van der Waals surface area contributed by atoms with Gasteiger partial charge in [-0.05, 0) is 43.2 Å². The molecule has 1 heterocycles. The van der Waals surface area contributed by atoms with E-state index >= 15 is 0 Å². The number of halogens is 2. The van der Waals surface area contributed by atoms with Gasteiger partial charge in [0.25, 0.3) is 5.91 Å². The minimum Gasteiger partial charge on any atom is -0.491 e. The van der Waals surface area contributed by atoms with E-state index in [1.54, 1.807) is 30.3 Å². The molecule has 0 radical (unpaired) electrons. The Morgan fingerprint density at radius 3 is 2.72 bits per heavy atom. The Balaban J connectivity index is 1.66. The molecule has 1 unspecified atom stereocenters. The average Bonchev–Trinajstić information content (AvgIpc) is 3.11. The molecule has 0 saturated carbocycles. The molecule has 1 aliphatic heterocycles. The summed E-state index contributed by atoms with van der Waals surface area (Å²) < 4.78 is 11.2. The SMILES string of the molecule is Nc1c(Cl)cc(NC(=O)c2cccc(OCC3CCCO3)c2)cc1Cl. The first-order valence-electron chi connectivity index (χ1n) is 7.93. The van der Waals surface area contributed by atoms with Gasteiger partial charge in [0.1, 0.15) is 12.4 Å². The number of anilines is 2. The molecule has 0 spiro atoms. The highest BCUT2D eigenvalue weighted by Crippen LogP contribution is 2.31. The van der Waals surface area contributed by atoms with Gasteiger partial charge in [-0.3, -0.25) is 4.79 Å². The van der Waals surface area contributed by atoms with Gasteiger partial charge in [0.05, 0.1) is 21.8 Å². The van der Waals surface area contributed by atoms with Gasteiger partial charge in [-0.25, -0.2) is 0 Å². The molecule has 3 rings (SSSR count). The Morgan fingerprint density at radius 2 is 2.04 bits per heavy atom. The number of ether oxygens (including phenoxy) is 2. The molecule has 2 aromatic rings. The van der Waals surface area contributed by atoms with Gasteiger partial charge in [-0.15, -0.1) is 0 Å². The third kappa shape index (κ3) is 4.57. The second-order valence-corrected chi connectivity index (χ2v) is 6.60. The van der Waals surface area contributed by atoms with E-state index in [2.05, 4.69) is 5.32 Å². The number of nitrogens with one attached hydrogen (secondary N) is 1. The van der Waals surface area contributed by atoms with E-state index in [4.69, 9.17) is 38.4 Å². The predicted octanol–water partition coefficient (Wildman–Crippen LogP) is 4.39. The molecule has 0 bridgehead atoms. The van der Waals surface area contributed by atoms with Gasteiger partial charge in [-0.1, -0.05) is 29.3 Å². The Bertz CT molecular complexity index is 754. The average molecular weight is 381 g/mol. The van der Waals surface area contributed by atoms with Crippen LogP contribution in [0.15, 0.2) is 36.4 Å². The van der Waals surface area contributed by atoms with Crippen molar-refractivity contribution in [2.24, 2.45) is 0 Å². The van der Waals surface area contributed by atoms with Crippen LogP contribution < -0.4 is 15.8 Å². The van der Waals surface area contributed by atoms with Crippen LogP contribution in [0.3, 0.4) is 0 Å². The fourth-order valence-electron chi connectivity index (χ4n) is 2.55. The van der Waals surface area contributed by atoms with Crippen LogP contribution in [0.25, 0.3) is 0 Å². The highest BCUT2D eigenvalue weighted by molar-refractivity contribution is 6.39. The van der Waals surface area contributed by atoms with Gasteiger partial charge in [0.2, 0.25) is 0 Å². The summed E-state index contributed by atoms with van der Waals surface area (Å²) in [5.41, 5.74) is 6.92. The topological polar surface area (TPSA) is 73.6 Å². The molecule has 3 N–H and O–H groups in total. The zero-order chi connectivity index (χ0) is 17.8. The molecule has 1 atom stereocenters. The van der Waals surface area contributed by atoms with Crippen LogP contribution in [-0.4, -0.2) is 25.2 Å². The van der Waals surface area contributed by atoms with Crippen molar-refractivity contribution in [3.05, 3.63) is 52.0 Å².